The van der Waals surface area contributed by atoms with Gasteiger partial charge in [-0.1, -0.05) is 6.07 Å². The van der Waals surface area contributed by atoms with Crippen molar-refractivity contribution in [1.29, 1.82) is 0 Å². The normalized spacial score (nSPS) is 10.0. The van der Waals surface area contributed by atoms with Crippen LogP contribution in [-0.4, -0.2) is 19.6 Å². The SMILES string of the molecule is COc1cccc(NCC(=O)Nc2ccc(F)c(F)c2)c1. The summed E-state index contributed by atoms with van der Waals surface area (Å²) in [6, 6.07) is 10.3. The Balaban J connectivity index is 1.91. The van der Waals surface area contributed by atoms with E-state index in [0.717, 1.165) is 17.8 Å². The fraction of sp³-hybridized carbons (Fsp3) is 0.133. The third-order valence-corrected chi connectivity index (χ3v) is 2.73. The van der Waals surface area contributed by atoms with Crippen molar-refractivity contribution in [3.63, 3.8) is 0 Å². The Morgan fingerprint density at radius 1 is 1.10 bits per heavy atom. The first-order chi connectivity index (χ1) is 10.1. The van der Waals surface area contributed by atoms with E-state index in [1.165, 1.54) is 6.07 Å². The monoisotopic (exact) mass is 292 g/mol. The molecule has 0 fully saturated rings. The van der Waals surface area contributed by atoms with Crippen molar-refractivity contribution in [3.05, 3.63) is 54.1 Å². The van der Waals surface area contributed by atoms with E-state index >= 15 is 0 Å². The number of nitrogens with one attached hydrogen (secondary N) is 2. The van der Waals surface area contributed by atoms with Crippen molar-refractivity contribution in [2.24, 2.45) is 0 Å². The van der Waals surface area contributed by atoms with Crippen LogP contribution in [0.5, 0.6) is 5.75 Å². The van der Waals surface area contributed by atoms with E-state index in [9.17, 15) is 13.6 Å². The van der Waals surface area contributed by atoms with Gasteiger partial charge in [0.1, 0.15) is 5.75 Å². The number of carbonyl (C=O) groups is 1. The molecule has 2 rings (SSSR count). The Hall–Kier alpha value is -2.63. The number of hydrogen-bond donors (Lipinski definition) is 2. The number of anilines is 2. The molecule has 110 valence electrons. The zero-order valence-electron chi connectivity index (χ0n) is 11.3. The van der Waals surface area contributed by atoms with Crippen LogP contribution >= 0.6 is 0 Å². The molecule has 21 heavy (non-hydrogen) atoms. The molecule has 0 radical (unpaired) electrons. The summed E-state index contributed by atoms with van der Waals surface area (Å²) >= 11 is 0. The summed E-state index contributed by atoms with van der Waals surface area (Å²) in [5, 5.41) is 5.37. The van der Waals surface area contributed by atoms with Gasteiger partial charge in [0.25, 0.3) is 0 Å². The van der Waals surface area contributed by atoms with Gasteiger partial charge in [-0.3, -0.25) is 4.79 Å². The number of halogens is 2. The van der Waals surface area contributed by atoms with E-state index < -0.39 is 11.6 Å². The van der Waals surface area contributed by atoms with Crippen LogP contribution in [0, 0.1) is 11.6 Å². The van der Waals surface area contributed by atoms with E-state index in [2.05, 4.69) is 10.6 Å². The van der Waals surface area contributed by atoms with Crippen molar-refractivity contribution in [2.45, 2.75) is 0 Å². The van der Waals surface area contributed by atoms with Gasteiger partial charge in [-0.2, -0.15) is 0 Å². The van der Waals surface area contributed by atoms with Crippen LogP contribution in [0.2, 0.25) is 0 Å². The van der Waals surface area contributed by atoms with Crippen LogP contribution in [0.3, 0.4) is 0 Å². The molecule has 4 nitrogen and oxygen atoms in total. The molecule has 0 aromatic heterocycles. The molecule has 6 heteroatoms. The molecule has 0 unspecified atom stereocenters. The average Bonchev–Trinajstić information content (AvgIpc) is 2.49. The average molecular weight is 292 g/mol. The molecule has 0 saturated carbocycles. The van der Waals surface area contributed by atoms with Crippen molar-refractivity contribution in [1.82, 2.24) is 0 Å². The summed E-state index contributed by atoms with van der Waals surface area (Å²) in [6.07, 6.45) is 0. The van der Waals surface area contributed by atoms with Crippen LogP contribution in [0.1, 0.15) is 0 Å². The fourth-order valence-electron chi connectivity index (χ4n) is 1.69. The summed E-state index contributed by atoms with van der Waals surface area (Å²) in [7, 11) is 1.55. The van der Waals surface area contributed by atoms with Gasteiger partial charge >= 0.3 is 0 Å². The molecular weight excluding hydrogens is 278 g/mol. The Kier molecular flexibility index (Phi) is 4.71. The minimum Gasteiger partial charge on any atom is -0.497 e. The van der Waals surface area contributed by atoms with Crippen LogP contribution < -0.4 is 15.4 Å². The first-order valence-corrected chi connectivity index (χ1v) is 6.21. The number of ether oxygens (including phenoxy) is 1. The Bertz CT molecular complexity index is 647. The third kappa shape index (κ3) is 4.17. The zero-order valence-corrected chi connectivity index (χ0v) is 11.3. The quantitative estimate of drug-likeness (QED) is 0.890. The second-order valence-corrected chi connectivity index (χ2v) is 4.26. The predicted molar refractivity (Wildman–Crippen MR) is 76.5 cm³/mol. The highest BCUT2D eigenvalue weighted by molar-refractivity contribution is 5.93. The molecule has 0 bridgehead atoms. The maximum Gasteiger partial charge on any atom is 0.243 e. The zero-order chi connectivity index (χ0) is 15.2. The van der Waals surface area contributed by atoms with Gasteiger partial charge in [-0.15, -0.1) is 0 Å². The number of rotatable bonds is 5. The topological polar surface area (TPSA) is 50.4 Å². The standard InChI is InChI=1S/C15H14F2N2O2/c1-21-12-4-2-3-10(7-12)18-9-15(20)19-11-5-6-13(16)14(17)8-11/h2-8,18H,9H2,1H3,(H,19,20). The number of benzene rings is 2. The molecule has 2 N–H and O–H groups in total. The van der Waals surface area contributed by atoms with Gasteiger partial charge in [0.05, 0.1) is 13.7 Å². The second-order valence-electron chi connectivity index (χ2n) is 4.26. The second kappa shape index (κ2) is 6.69. The van der Waals surface area contributed by atoms with Crippen molar-refractivity contribution in [2.75, 3.05) is 24.3 Å². The molecular formula is C15H14F2N2O2. The number of methoxy groups -OCH3 is 1. The summed E-state index contributed by atoms with van der Waals surface area (Å²) < 4.78 is 30.8. The lowest BCUT2D eigenvalue weighted by atomic mass is 10.3. The van der Waals surface area contributed by atoms with E-state index in [1.54, 1.807) is 31.4 Å². The highest BCUT2D eigenvalue weighted by Gasteiger charge is 2.06. The summed E-state index contributed by atoms with van der Waals surface area (Å²) in [5.41, 5.74) is 0.918. The lowest BCUT2D eigenvalue weighted by molar-refractivity contribution is -0.114. The van der Waals surface area contributed by atoms with Crippen LogP contribution in [0.25, 0.3) is 0 Å². The fourth-order valence-corrected chi connectivity index (χ4v) is 1.69. The molecule has 0 saturated heterocycles. The summed E-state index contributed by atoms with van der Waals surface area (Å²) in [5.74, 6) is -1.67. The van der Waals surface area contributed by atoms with Gasteiger partial charge < -0.3 is 15.4 Å². The Morgan fingerprint density at radius 3 is 2.62 bits per heavy atom. The Morgan fingerprint density at radius 2 is 1.90 bits per heavy atom. The van der Waals surface area contributed by atoms with Crippen molar-refractivity contribution < 1.29 is 18.3 Å². The van der Waals surface area contributed by atoms with Gasteiger partial charge in [-0.25, -0.2) is 8.78 Å². The molecule has 2 aromatic rings. The smallest absolute Gasteiger partial charge is 0.243 e. The first-order valence-electron chi connectivity index (χ1n) is 6.21. The molecule has 1 amide bonds. The number of carbonyl (C=O) groups excluding carboxylic acids is 1. The maximum absolute atomic E-state index is 13.0. The lowest BCUT2D eigenvalue weighted by Crippen LogP contribution is -2.21. The molecule has 0 aliphatic rings. The van der Waals surface area contributed by atoms with E-state index in [1.807, 2.05) is 0 Å². The van der Waals surface area contributed by atoms with Crippen molar-refractivity contribution >= 4 is 17.3 Å². The lowest BCUT2D eigenvalue weighted by Gasteiger charge is -2.09. The maximum atomic E-state index is 13.0. The van der Waals surface area contributed by atoms with Gasteiger partial charge in [-0.05, 0) is 24.3 Å². The third-order valence-electron chi connectivity index (χ3n) is 2.73. The van der Waals surface area contributed by atoms with Crippen molar-refractivity contribution in [3.8, 4) is 5.75 Å². The highest BCUT2D eigenvalue weighted by atomic mass is 19.2. The minimum absolute atomic E-state index is 0.00777. The summed E-state index contributed by atoms with van der Waals surface area (Å²) in [6.45, 7) is -0.00777. The molecule has 0 spiro atoms. The van der Waals surface area contributed by atoms with Gasteiger partial charge in [0.15, 0.2) is 11.6 Å². The molecule has 0 heterocycles. The molecule has 2 aromatic carbocycles. The minimum atomic E-state index is -1.01. The molecule has 0 aliphatic heterocycles. The van der Waals surface area contributed by atoms with E-state index in [0.29, 0.717) is 5.75 Å². The van der Waals surface area contributed by atoms with Crippen LogP contribution in [0.4, 0.5) is 20.2 Å². The Labute approximate surface area is 120 Å². The van der Waals surface area contributed by atoms with Crippen LogP contribution in [0.15, 0.2) is 42.5 Å². The molecule has 0 atom stereocenters. The largest absolute Gasteiger partial charge is 0.497 e. The van der Waals surface area contributed by atoms with Crippen LogP contribution in [-0.2, 0) is 4.79 Å². The summed E-state index contributed by atoms with van der Waals surface area (Å²) in [4.78, 5) is 11.7. The predicted octanol–water partition coefficient (Wildman–Crippen LogP) is 3.02. The van der Waals surface area contributed by atoms with E-state index in [4.69, 9.17) is 4.74 Å². The van der Waals surface area contributed by atoms with Gasteiger partial charge in [0.2, 0.25) is 5.91 Å². The first kappa shape index (κ1) is 14.8. The van der Waals surface area contributed by atoms with Gasteiger partial charge in [0, 0.05) is 23.5 Å². The number of hydrogen-bond acceptors (Lipinski definition) is 3. The van der Waals surface area contributed by atoms with E-state index in [-0.39, 0.29) is 18.1 Å². The molecule has 0 aliphatic carbocycles. The highest BCUT2D eigenvalue weighted by Crippen LogP contribution is 2.16. The number of amides is 1.